The number of nitrogens with one attached hydrogen (secondary N) is 2. The molecule has 12 aromatic carbocycles. The van der Waals surface area contributed by atoms with Crippen LogP contribution in [0.2, 0.25) is 0 Å². The number of para-hydroxylation sites is 2. The van der Waals surface area contributed by atoms with E-state index in [1.54, 1.807) is 97.1 Å². The number of carbonyl (C=O) groups is 2. The molecule has 0 spiro atoms. The van der Waals surface area contributed by atoms with Crippen molar-refractivity contribution in [1.29, 1.82) is 0 Å². The van der Waals surface area contributed by atoms with Crippen LogP contribution in [0.1, 0.15) is 162 Å². The number of ketones is 1. The Kier molecular flexibility index (Phi) is 23.7. The number of hydrogen-bond acceptors (Lipinski definition) is 11. The van der Waals surface area contributed by atoms with Gasteiger partial charge in [0.15, 0.2) is 5.78 Å². The first-order valence-corrected chi connectivity index (χ1v) is 33.5. The minimum Gasteiger partial charge on any atom is -0.508 e. The summed E-state index contributed by atoms with van der Waals surface area (Å²) in [5.41, 5.74) is 15.5. The molecular weight excluding hydrogens is 1240 g/mol. The van der Waals surface area contributed by atoms with Crippen LogP contribution in [-0.4, -0.2) is 58.1 Å². The van der Waals surface area contributed by atoms with E-state index in [4.69, 9.17) is 0 Å². The summed E-state index contributed by atoms with van der Waals surface area (Å²) in [7, 11) is 0. The molecule has 0 fully saturated rings. The van der Waals surface area contributed by atoms with Crippen LogP contribution in [0.25, 0.3) is 0 Å². The maximum Gasteiger partial charge on any atom is 0.234 e. The van der Waals surface area contributed by atoms with Gasteiger partial charge in [-0.2, -0.15) is 0 Å². The molecule has 0 aliphatic carbocycles. The Balaban J connectivity index is 0.000000169. The van der Waals surface area contributed by atoms with E-state index in [1.807, 2.05) is 201 Å². The number of Topliss-reactive ketones (excluding diaryl/α,β-unsaturated/α-hetero) is 1. The Morgan fingerprint density at radius 1 is 0.260 bits per heavy atom. The highest BCUT2D eigenvalue weighted by molar-refractivity contribution is 6.12. The first-order valence-electron chi connectivity index (χ1n) is 33.5. The van der Waals surface area contributed by atoms with Gasteiger partial charge in [0.25, 0.3) is 0 Å². The van der Waals surface area contributed by atoms with Gasteiger partial charge >= 0.3 is 0 Å². The zero-order valence-electron chi connectivity index (χ0n) is 57.4. The van der Waals surface area contributed by atoms with Crippen LogP contribution in [0.5, 0.6) is 46.0 Å². The fourth-order valence-corrected chi connectivity index (χ4v) is 12.5. The predicted octanol–water partition coefficient (Wildman–Crippen LogP) is 19.8. The van der Waals surface area contributed by atoms with Gasteiger partial charge in [0, 0.05) is 40.6 Å². The van der Waals surface area contributed by atoms with E-state index in [9.17, 15) is 50.4 Å². The third-order valence-electron chi connectivity index (χ3n) is 17.6. The number of amides is 1. The molecular formula is C88H86N2O10. The standard InChI is InChI=1S/2C32H26O4.2C10H11NO.2C2H6/c2*33-27-13-5-23(6-14-27)31(24-7-15-28(34)16-8-24)21-1-2-22(4-3-21)32(25-9-17-29(35)18-10-25)26-11-19-30(36)20-12-26;1-10(2)7-5-3-4-6-8(7)11-9(10)12;1-10(2)9(12)7-5-3-4-6-8(7)11-10;2*1-2/h2*1-20,31-36H;3-6H,1-2H3,(H,11,12);3-6,11H,1-2H3;2*1-2H3. The maximum atomic E-state index is 11.7. The van der Waals surface area contributed by atoms with Gasteiger partial charge in [-0.15, -0.1) is 0 Å². The molecule has 0 saturated carbocycles. The molecule has 10 N–H and O–H groups in total. The second kappa shape index (κ2) is 32.8. The summed E-state index contributed by atoms with van der Waals surface area (Å²) in [6.07, 6.45) is 0. The van der Waals surface area contributed by atoms with E-state index >= 15 is 0 Å². The van der Waals surface area contributed by atoms with E-state index in [0.717, 1.165) is 89.3 Å². The number of phenolic OH excluding ortho intramolecular Hbond substituents is 8. The SMILES string of the molecule is CC.CC.CC1(C)C(=O)Nc2ccccc21.CC1(C)Nc2ccccc2C1=O.Oc1ccc(C(c2ccc(O)cc2)c2ccc(C(c3ccc(O)cc3)c3ccc(O)cc3)cc2)cc1.Oc1ccc(C(c2ccc(O)cc2)c2ccc(C(c3ccc(O)cc3)c3ccc(O)cc3)cc2)cc1. The normalized spacial score (nSPS) is 12.6. The summed E-state index contributed by atoms with van der Waals surface area (Å²) in [5.74, 6) is 1.63. The van der Waals surface area contributed by atoms with Crippen molar-refractivity contribution in [3.63, 3.8) is 0 Å². The Morgan fingerprint density at radius 3 is 0.660 bits per heavy atom. The lowest BCUT2D eigenvalue weighted by atomic mass is 9.81. The van der Waals surface area contributed by atoms with Crippen LogP contribution in [0.3, 0.4) is 0 Å². The van der Waals surface area contributed by atoms with Crippen LogP contribution < -0.4 is 10.6 Å². The van der Waals surface area contributed by atoms with E-state index in [1.165, 1.54) is 0 Å². The lowest BCUT2D eigenvalue weighted by Crippen LogP contribution is -2.33. The van der Waals surface area contributed by atoms with Gasteiger partial charge in [0.05, 0.1) is 11.0 Å². The van der Waals surface area contributed by atoms with E-state index in [-0.39, 0.29) is 86.8 Å². The second-order valence-corrected chi connectivity index (χ2v) is 25.0. The van der Waals surface area contributed by atoms with E-state index < -0.39 is 5.54 Å². The molecule has 100 heavy (non-hydrogen) atoms. The first-order chi connectivity index (χ1) is 48.2. The fourth-order valence-electron chi connectivity index (χ4n) is 12.5. The summed E-state index contributed by atoms with van der Waals surface area (Å²) in [5, 5.41) is 84.4. The Hall–Kier alpha value is -12.0. The number of rotatable bonds is 12. The van der Waals surface area contributed by atoms with Crippen LogP contribution in [0.15, 0.2) is 291 Å². The van der Waals surface area contributed by atoms with Crippen LogP contribution >= 0.6 is 0 Å². The second-order valence-electron chi connectivity index (χ2n) is 25.0. The maximum absolute atomic E-state index is 11.7. The van der Waals surface area contributed by atoms with Crippen molar-refractivity contribution >= 4 is 23.1 Å². The predicted molar refractivity (Wildman–Crippen MR) is 401 cm³/mol. The van der Waals surface area contributed by atoms with Gasteiger partial charge < -0.3 is 51.5 Å². The molecule has 0 bridgehead atoms. The Labute approximate surface area is 586 Å². The molecule has 12 heteroatoms. The van der Waals surface area contributed by atoms with Crippen molar-refractivity contribution in [3.8, 4) is 46.0 Å². The number of anilines is 2. The molecule has 0 atom stereocenters. The molecule has 14 rings (SSSR count). The zero-order chi connectivity index (χ0) is 71.7. The van der Waals surface area contributed by atoms with Crippen molar-refractivity contribution in [2.24, 2.45) is 0 Å². The van der Waals surface area contributed by atoms with Crippen molar-refractivity contribution < 1.29 is 50.4 Å². The molecule has 12 nitrogen and oxygen atoms in total. The summed E-state index contributed by atoms with van der Waals surface area (Å²) in [6, 6.07) is 89.8. The molecule has 0 unspecified atom stereocenters. The average Bonchev–Trinajstić information content (AvgIpc) is 1.27. The van der Waals surface area contributed by atoms with Crippen LogP contribution in [-0.2, 0) is 10.2 Å². The molecule has 12 aromatic rings. The average molecular weight is 1330 g/mol. The number of benzene rings is 12. The Bertz CT molecular complexity index is 3960. The molecule has 508 valence electrons. The monoisotopic (exact) mass is 1330 g/mol. The fraction of sp³-hybridized carbons (Fsp3) is 0.159. The highest BCUT2D eigenvalue weighted by Crippen LogP contribution is 2.42. The number of carbonyl (C=O) groups excluding carboxylic acids is 2. The van der Waals surface area contributed by atoms with Crippen molar-refractivity contribution in [2.75, 3.05) is 10.6 Å². The Morgan fingerprint density at radius 2 is 0.450 bits per heavy atom. The summed E-state index contributed by atoms with van der Waals surface area (Å²) in [6.45, 7) is 15.7. The van der Waals surface area contributed by atoms with Crippen molar-refractivity contribution in [1.82, 2.24) is 0 Å². The largest absolute Gasteiger partial charge is 0.508 e. The van der Waals surface area contributed by atoms with E-state index in [0.29, 0.717) is 0 Å². The number of fused-ring (bicyclic) bond motifs is 2. The van der Waals surface area contributed by atoms with Crippen LogP contribution in [0.4, 0.5) is 11.4 Å². The van der Waals surface area contributed by atoms with Gasteiger partial charge in [0.2, 0.25) is 5.91 Å². The highest BCUT2D eigenvalue weighted by atomic mass is 16.3. The molecule has 2 aliphatic heterocycles. The molecule has 2 heterocycles. The zero-order valence-corrected chi connectivity index (χ0v) is 57.4. The number of aromatic hydroxyl groups is 8. The van der Waals surface area contributed by atoms with Crippen LogP contribution in [0, 0.1) is 0 Å². The van der Waals surface area contributed by atoms with Gasteiger partial charge in [-0.25, -0.2) is 0 Å². The van der Waals surface area contributed by atoms with Crippen molar-refractivity contribution in [3.05, 3.63) is 369 Å². The summed E-state index contributed by atoms with van der Waals surface area (Å²) in [4.78, 5) is 23.1. The topological polar surface area (TPSA) is 220 Å². The first kappa shape index (κ1) is 72.3. The highest BCUT2D eigenvalue weighted by Gasteiger charge is 2.38. The number of hydrogen-bond donors (Lipinski definition) is 10. The molecule has 1 amide bonds. The summed E-state index contributed by atoms with van der Waals surface area (Å²) < 4.78 is 0. The van der Waals surface area contributed by atoms with Gasteiger partial charge in [-0.3, -0.25) is 9.59 Å². The lowest BCUT2D eigenvalue weighted by Gasteiger charge is -2.22. The van der Waals surface area contributed by atoms with Gasteiger partial charge in [0.1, 0.15) is 46.0 Å². The van der Waals surface area contributed by atoms with Gasteiger partial charge in [-0.05, 0) is 215 Å². The summed E-state index contributed by atoms with van der Waals surface area (Å²) >= 11 is 0. The minimum atomic E-state index is -0.427. The number of phenols is 8. The molecule has 0 saturated heterocycles. The minimum absolute atomic E-state index is 0.0824. The smallest absolute Gasteiger partial charge is 0.234 e. The quantitative estimate of drug-likeness (QED) is 0.0519. The molecule has 2 aliphatic rings. The van der Waals surface area contributed by atoms with E-state index in [2.05, 4.69) is 59.2 Å². The molecule has 0 aromatic heterocycles. The third-order valence-corrected chi connectivity index (χ3v) is 17.6. The lowest BCUT2D eigenvalue weighted by molar-refractivity contribution is -0.119. The third kappa shape index (κ3) is 17.4. The van der Waals surface area contributed by atoms with Crippen molar-refractivity contribution in [2.45, 2.75) is 90.0 Å². The van der Waals surface area contributed by atoms with Gasteiger partial charge in [-0.1, -0.05) is 204 Å². The molecule has 0 radical (unpaired) electrons.